The van der Waals surface area contributed by atoms with Gasteiger partial charge in [-0.3, -0.25) is 4.68 Å². The number of rotatable bonds is 6. The summed E-state index contributed by atoms with van der Waals surface area (Å²) in [6.07, 6.45) is -4.74. The van der Waals surface area contributed by atoms with Crippen LogP contribution in [0.25, 0.3) is 23.0 Å². The van der Waals surface area contributed by atoms with Gasteiger partial charge in [-0.1, -0.05) is 17.3 Å². The molecule has 10 heteroatoms. The third-order valence-electron chi connectivity index (χ3n) is 4.55. The van der Waals surface area contributed by atoms with Crippen molar-refractivity contribution >= 4 is 5.69 Å². The number of hydrogen-bond donors (Lipinski definition) is 1. The molecule has 0 amide bonds. The highest BCUT2D eigenvalue weighted by Crippen LogP contribution is 2.27. The Bertz CT molecular complexity index is 1170. The lowest BCUT2D eigenvalue weighted by atomic mass is 10.2. The monoisotopic (exact) mass is 429 g/mol. The molecule has 0 aliphatic heterocycles. The van der Waals surface area contributed by atoms with Crippen molar-refractivity contribution in [3.63, 3.8) is 0 Å². The van der Waals surface area contributed by atoms with Gasteiger partial charge in [-0.2, -0.15) is 10.1 Å². The van der Waals surface area contributed by atoms with Gasteiger partial charge in [0.15, 0.2) is 5.69 Å². The molecule has 2 aromatic heterocycles. The molecule has 0 saturated heterocycles. The van der Waals surface area contributed by atoms with Crippen LogP contribution in [0.15, 0.2) is 59.1 Å². The fourth-order valence-electron chi connectivity index (χ4n) is 2.97. The molecule has 2 heterocycles. The standard InChI is InChI=1S/C21H18F3N5O2/c1-13-11-18(27-29(13)12-14-3-7-16(25-2)8-4-14)20-26-19(28-31-20)15-5-9-17(10-6-15)30-21(22,23)24/h3-11,25H,12H2,1-2H3. The molecule has 0 saturated carbocycles. The van der Waals surface area contributed by atoms with Crippen molar-refractivity contribution in [1.82, 2.24) is 19.9 Å². The molecule has 0 unspecified atom stereocenters. The number of nitrogens with one attached hydrogen (secondary N) is 1. The van der Waals surface area contributed by atoms with E-state index in [4.69, 9.17) is 4.52 Å². The Kier molecular flexibility index (Phi) is 5.37. The molecule has 0 atom stereocenters. The van der Waals surface area contributed by atoms with E-state index in [1.54, 1.807) is 0 Å². The molecular formula is C21H18F3N5O2. The van der Waals surface area contributed by atoms with Gasteiger partial charge in [0.25, 0.3) is 5.89 Å². The number of alkyl halides is 3. The van der Waals surface area contributed by atoms with Gasteiger partial charge in [0.2, 0.25) is 5.82 Å². The van der Waals surface area contributed by atoms with Crippen molar-refractivity contribution in [1.29, 1.82) is 0 Å². The fourth-order valence-corrected chi connectivity index (χ4v) is 2.97. The number of hydrogen-bond acceptors (Lipinski definition) is 6. The highest BCUT2D eigenvalue weighted by Gasteiger charge is 2.31. The van der Waals surface area contributed by atoms with E-state index >= 15 is 0 Å². The molecule has 7 nitrogen and oxygen atoms in total. The van der Waals surface area contributed by atoms with Gasteiger partial charge in [0.1, 0.15) is 5.75 Å². The summed E-state index contributed by atoms with van der Waals surface area (Å²) in [5.74, 6) is 0.138. The maximum absolute atomic E-state index is 12.3. The molecule has 160 valence electrons. The van der Waals surface area contributed by atoms with Gasteiger partial charge < -0.3 is 14.6 Å². The molecule has 31 heavy (non-hydrogen) atoms. The number of anilines is 1. The normalized spacial score (nSPS) is 11.5. The molecule has 0 aliphatic rings. The summed E-state index contributed by atoms with van der Waals surface area (Å²) in [7, 11) is 1.86. The van der Waals surface area contributed by atoms with Crippen LogP contribution in [-0.4, -0.2) is 33.3 Å². The summed E-state index contributed by atoms with van der Waals surface area (Å²) >= 11 is 0. The summed E-state index contributed by atoms with van der Waals surface area (Å²) in [6.45, 7) is 2.51. The lowest BCUT2D eigenvalue weighted by molar-refractivity contribution is -0.274. The molecule has 4 rings (SSSR count). The lowest BCUT2D eigenvalue weighted by Crippen LogP contribution is -2.16. The molecule has 0 aliphatic carbocycles. The van der Waals surface area contributed by atoms with Crippen LogP contribution in [0, 0.1) is 6.92 Å². The zero-order valence-electron chi connectivity index (χ0n) is 16.6. The number of nitrogens with zero attached hydrogens (tertiary/aromatic N) is 4. The van der Waals surface area contributed by atoms with Crippen LogP contribution in [0.3, 0.4) is 0 Å². The highest BCUT2D eigenvalue weighted by molar-refractivity contribution is 5.59. The fraction of sp³-hybridized carbons (Fsp3) is 0.190. The predicted octanol–water partition coefficient (Wildman–Crippen LogP) is 4.90. The SMILES string of the molecule is CNc1ccc(Cn2nc(-c3nc(-c4ccc(OC(F)(F)F)cc4)no3)cc2C)cc1. The zero-order valence-corrected chi connectivity index (χ0v) is 16.6. The first-order chi connectivity index (χ1) is 14.8. The highest BCUT2D eigenvalue weighted by atomic mass is 19.4. The van der Waals surface area contributed by atoms with Crippen molar-refractivity contribution in [3.05, 3.63) is 65.9 Å². The first-order valence-electron chi connectivity index (χ1n) is 9.32. The first kappa shape index (κ1) is 20.5. The third kappa shape index (κ3) is 4.85. The quantitative estimate of drug-likeness (QED) is 0.470. The smallest absolute Gasteiger partial charge is 0.406 e. The Morgan fingerprint density at radius 3 is 2.42 bits per heavy atom. The molecule has 0 spiro atoms. The van der Waals surface area contributed by atoms with E-state index in [2.05, 4.69) is 25.3 Å². The number of halogens is 3. The molecule has 1 N–H and O–H groups in total. The summed E-state index contributed by atoms with van der Waals surface area (Å²) in [5.41, 5.74) is 4.04. The van der Waals surface area contributed by atoms with E-state index in [9.17, 15) is 13.2 Å². The van der Waals surface area contributed by atoms with Crippen LogP contribution >= 0.6 is 0 Å². The Hall–Kier alpha value is -3.82. The van der Waals surface area contributed by atoms with E-state index in [1.807, 2.05) is 49.0 Å². The molecule has 0 radical (unpaired) electrons. The Labute approximate surface area is 175 Å². The maximum Gasteiger partial charge on any atom is 0.573 e. The van der Waals surface area contributed by atoms with Crippen LogP contribution in [0.1, 0.15) is 11.3 Å². The molecule has 0 fully saturated rings. The Morgan fingerprint density at radius 2 is 1.77 bits per heavy atom. The number of benzene rings is 2. The maximum atomic E-state index is 12.3. The Balaban J connectivity index is 1.50. The molecule has 4 aromatic rings. The van der Waals surface area contributed by atoms with E-state index in [0.29, 0.717) is 17.8 Å². The van der Waals surface area contributed by atoms with Crippen molar-refractivity contribution < 1.29 is 22.4 Å². The van der Waals surface area contributed by atoms with Gasteiger partial charge in [-0.15, -0.1) is 13.2 Å². The van der Waals surface area contributed by atoms with Crippen molar-refractivity contribution in [2.45, 2.75) is 19.8 Å². The van der Waals surface area contributed by atoms with Gasteiger partial charge in [0, 0.05) is 24.0 Å². The summed E-state index contributed by atoms with van der Waals surface area (Å²) in [6, 6.07) is 15.1. The van der Waals surface area contributed by atoms with Crippen molar-refractivity contribution in [2.75, 3.05) is 12.4 Å². The van der Waals surface area contributed by atoms with Crippen molar-refractivity contribution in [3.8, 4) is 28.7 Å². The minimum atomic E-state index is -4.74. The number of ether oxygens (including phenoxy) is 1. The topological polar surface area (TPSA) is 78.0 Å². The first-order valence-corrected chi connectivity index (χ1v) is 9.32. The number of aryl methyl sites for hydroxylation is 1. The number of aromatic nitrogens is 4. The average Bonchev–Trinajstić information content (AvgIpc) is 3.35. The molecular weight excluding hydrogens is 411 g/mol. The second-order valence-corrected chi connectivity index (χ2v) is 6.77. The van der Waals surface area contributed by atoms with Crippen LogP contribution in [0.2, 0.25) is 0 Å². The van der Waals surface area contributed by atoms with E-state index in [1.165, 1.54) is 24.3 Å². The van der Waals surface area contributed by atoms with Crippen molar-refractivity contribution in [2.24, 2.45) is 0 Å². The summed E-state index contributed by atoms with van der Waals surface area (Å²) in [5, 5.41) is 11.5. The largest absolute Gasteiger partial charge is 0.573 e. The van der Waals surface area contributed by atoms with Gasteiger partial charge in [0.05, 0.1) is 6.54 Å². The van der Waals surface area contributed by atoms with Gasteiger partial charge in [-0.05, 0) is 55.0 Å². The van der Waals surface area contributed by atoms with Gasteiger partial charge >= 0.3 is 6.36 Å². The van der Waals surface area contributed by atoms with E-state index < -0.39 is 6.36 Å². The minimum absolute atomic E-state index is 0.220. The van der Waals surface area contributed by atoms with E-state index in [0.717, 1.165) is 16.9 Å². The molecule has 0 bridgehead atoms. The second-order valence-electron chi connectivity index (χ2n) is 6.77. The second kappa shape index (κ2) is 8.13. The van der Waals surface area contributed by atoms with Crippen LogP contribution in [-0.2, 0) is 6.54 Å². The minimum Gasteiger partial charge on any atom is -0.406 e. The predicted molar refractivity (Wildman–Crippen MR) is 107 cm³/mol. The summed E-state index contributed by atoms with van der Waals surface area (Å²) in [4.78, 5) is 4.31. The van der Waals surface area contributed by atoms with Gasteiger partial charge in [-0.25, -0.2) is 0 Å². The average molecular weight is 429 g/mol. The Morgan fingerprint density at radius 1 is 1.06 bits per heavy atom. The summed E-state index contributed by atoms with van der Waals surface area (Å²) < 4.78 is 47.9. The van der Waals surface area contributed by atoms with E-state index in [-0.39, 0.29) is 17.5 Å². The third-order valence-corrected chi connectivity index (χ3v) is 4.55. The van der Waals surface area contributed by atoms with Crippen LogP contribution in [0.5, 0.6) is 5.75 Å². The zero-order chi connectivity index (χ0) is 22.0. The van der Waals surface area contributed by atoms with Crippen LogP contribution < -0.4 is 10.1 Å². The molecule has 2 aromatic carbocycles. The lowest BCUT2D eigenvalue weighted by Gasteiger charge is -2.08. The van der Waals surface area contributed by atoms with Crippen LogP contribution in [0.4, 0.5) is 18.9 Å².